The van der Waals surface area contributed by atoms with Gasteiger partial charge in [-0.25, -0.2) is 4.98 Å². The number of rotatable bonds is 7. The summed E-state index contributed by atoms with van der Waals surface area (Å²) < 4.78 is 37.2. The number of hydrogen-bond acceptors (Lipinski definition) is 5. The Morgan fingerprint density at radius 3 is 2.18 bits per heavy atom. The molecule has 2 heterocycles. The molecule has 1 aromatic heterocycles. The minimum absolute atomic E-state index is 0.00933. The number of aromatic hydroxyl groups is 1. The van der Waals surface area contributed by atoms with Gasteiger partial charge in [0.15, 0.2) is 11.6 Å². The fraction of sp³-hybridized carbons (Fsp3) is 0.424. The molecular formula is C33H40BrF3N4O3. The Kier molecular flexibility index (Phi) is 12.2. The second-order valence-corrected chi connectivity index (χ2v) is 12.4. The Bertz CT molecular complexity index is 1400. The van der Waals surface area contributed by atoms with Gasteiger partial charge < -0.3 is 20.6 Å². The van der Waals surface area contributed by atoms with Crippen molar-refractivity contribution >= 4 is 33.6 Å². The molecule has 3 aromatic rings. The molecule has 1 unspecified atom stereocenters. The first kappa shape index (κ1) is 34.9. The molecule has 0 bridgehead atoms. The van der Waals surface area contributed by atoms with E-state index < -0.39 is 11.7 Å². The summed E-state index contributed by atoms with van der Waals surface area (Å²) in [5.41, 5.74) is 7.42. The molecule has 4 rings (SSSR count). The number of alkyl halides is 4. The smallest absolute Gasteiger partial charge is 0.416 e. The molecule has 11 heteroatoms. The number of hydrogen-bond donors (Lipinski definition) is 2. The van der Waals surface area contributed by atoms with Crippen LogP contribution in [0.15, 0.2) is 60.8 Å². The fourth-order valence-electron chi connectivity index (χ4n) is 5.35. The lowest BCUT2D eigenvalue weighted by atomic mass is 10.0. The molecule has 44 heavy (non-hydrogen) atoms. The van der Waals surface area contributed by atoms with E-state index in [-0.39, 0.29) is 45.9 Å². The van der Waals surface area contributed by atoms with Gasteiger partial charge in [0.25, 0.3) is 5.91 Å². The van der Waals surface area contributed by atoms with Crippen LogP contribution in [-0.2, 0) is 11.0 Å². The van der Waals surface area contributed by atoms with Crippen molar-refractivity contribution in [1.82, 2.24) is 14.8 Å². The van der Waals surface area contributed by atoms with Crippen LogP contribution < -0.4 is 5.73 Å². The van der Waals surface area contributed by atoms with Crippen LogP contribution in [0.4, 0.5) is 19.0 Å². The maximum Gasteiger partial charge on any atom is 0.416 e. The highest BCUT2D eigenvalue weighted by Gasteiger charge is 2.35. The summed E-state index contributed by atoms with van der Waals surface area (Å²) in [5, 5.41) is 9.77. The van der Waals surface area contributed by atoms with Crippen LogP contribution in [0.5, 0.6) is 5.75 Å². The van der Waals surface area contributed by atoms with Crippen molar-refractivity contribution in [1.29, 1.82) is 0 Å². The summed E-state index contributed by atoms with van der Waals surface area (Å²) in [7, 11) is 0. The number of pyridine rings is 1. The van der Waals surface area contributed by atoms with Gasteiger partial charge >= 0.3 is 6.18 Å². The number of benzene rings is 2. The average Bonchev–Trinajstić information content (AvgIpc) is 2.98. The first-order valence-corrected chi connectivity index (χ1v) is 15.6. The number of nitrogens with zero attached hydrogens (tertiary/aromatic N) is 3. The summed E-state index contributed by atoms with van der Waals surface area (Å²) in [5.74, 6) is 0.163. The summed E-state index contributed by atoms with van der Waals surface area (Å²) in [4.78, 5) is 33.2. The number of amides is 2. The standard InChI is InChI=1S/C24H32N4O3.C9H8BrF3/c1-4-5-6-7-22(30)28-16(2)14-27(15-17(28)3)24(31)19-10-8-18(9-11-19)20-12-21(29)23(25)26-13-20;1-6(10)7-4-2-3-5-8(7)9(11,12)13/h8-13,16-17,29H,4-7,14-15H2,1-3H3,(H2,25,26);2-6H,1H3/t16-,17+;. The van der Waals surface area contributed by atoms with Gasteiger partial charge in [-0.2, -0.15) is 13.2 Å². The van der Waals surface area contributed by atoms with Crippen LogP contribution in [0.2, 0.25) is 0 Å². The largest absolute Gasteiger partial charge is 0.504 e. The van der Waals surface area contributed by atoms with Gasteiger partial charge in [0.1, 0.15) is 0 Å². The second kappa shape index (κ2) is 15.4. The normalized spacial score (nSPS) is 17.5. The highest BCUT2D eigenvalue weighted by atomic mass is 79.9. The van der Waals surface area contributed by atoms with E-state index in [1.54, 1.807) is 37.4 Å². The van der Waals surface area contributed by atoms with E-state index in [9.17, 15) is 27.9 Å². The summed E-state index contributed by atoms with van der Waals surface area (Å²) in [6.07, 6.45) is 0.976. The molecule has 2 aromatic carbocycles. The molecule has 0 spiro atoms. The Hall–Kier alpha value is -3.60. The van der Waals surface area contributed by atoms with E-state index in [2.05, 4.69) is 27.8 Å². The lowest BCUT2D eigenvalue weighted by molar-refractivity contribution is -0.139. The van der Waals surface area contributed by atoms with Crippen LogP contribution >= 0.6 is 15.9 Å². The zero-order chi connectivity index (χ0) is 32.6. The van der Waals surface area contributed by atoms with Crippen molar-refractivity contribution in [2.45, 2.75) is 76.5 Å². The third-order valence-corrected chi connectivity index (χ3v) is 8.04. The van der Waals surface area contributed by atoms with Gasteiger partial charge in [-0.05, 0) is 62.6 Å². The summed E-state index contributed by atoms with van der Waals surface area (Å²) in [6, 6.07) is 14.3. The van der Waals surface area contributed by atoms with Crippen LogP contribution in [0, 0.1) is 0 Å². The van der Waals surface area contributed by atoms with Crippen molar-refractivity contribution in [3.8, 4) is 16.9 Å². The maximum absolute atomic E-state index is 13.1. The van der Waals surface area contributed by atoms with E-state index >= 15 is 0 Å². The second-order valence-electron chi connectivity index (χ2n) is 11.1. The first-order chi connectivity index (χ1) is 20.7. The van der Waals surface area contributed by atoms with Crippen LogP contribution in [0.1, 0.15) is 79.7 Å². The van der Waals surface area contributed by atoms with Crippen molar-refractivity contribution in [3.63, 3.8) is 0 Å². The topological polar surface area (TPSA) is 99.8 Å². The number of aromatic nitrogens is 1. The average molecular weight is 678 g/mol. The molecule has 238 valence electrons. The predicted octanol–water partition coefficient (Wildman–Crippen LogP) is 7.84. The third-order valence-electron chi connectivity index (χ3n) is 7.55. The summed E-state index contributed by atoms with van der Waals surface area (Å²) >= 11 is 3.13. The van der Waals surface area contributed by atoms with Gasteiger partial charge in [-0.3, -0.25) is 9.59 Å². The first-order valence-electron chi connectivity index (χ1n) is 14.7. The Morgan fingerprint density at radius 2 is 1.66 bits per heavy atom. The van der Waals surface area contributed by atoms with Crippen molar-refractivity contribution in [2.75, 3.05) is 18.8 Å². The number of piperazine rings is 1. The monoisotopic (exact) mass is 676 g/mol. The zero-order valence-electron chi connectivity index (χ0n) is 25.4. The third kappa shape index (κ3) is 8.97. The van der Waals surface area contributed by atoms with Gasteiger partial charge in [0.2, 0.25) is 5.91 Å². The molecule has 0 saturated carbocycles. The molecular weight excluding hydrogens is 637 g/mol. The molecule has 7 nitrogen and oxygen atoms in total. The number of halogens is 4. The van der Waals surface area contributed by atoms with Crippen molar-refractivity contribution < 1.29 is 27.9 Å². The van der Waals surface area contributed by atoms with Gasteiger partial charge in [-0.15, -0.1) is 0 Å². The number of anilines is 1. The molecule has 1 fully saturated rings. The number of carbonyl (C=O) groups excluding carboxylic acids is 2. The van der Waals surface area contributed by atoms with Crippen LogP contribution in [0.25, 0.3) is 11.1 Å². The van der Waals surface area contributed by atoms with Crippen LogP contribution in [0.3, 0.4) is 0 Å². The van der Waals surface area contributed by atoms with Gasteiger partial charge in [0, 0.05) is 53.7 Å². The maximum atomic E-state index is 13.1. The quantitative estimate of drug-likeness (QED) is 0.196. The molecule has 3 atom stereocenters. The lowest BCUT2D eigenvalue weighted by Crippen LogP contribution is -2.59. The minimum atomic E-state index is -4.27. The number of unbranched alkanes of at least 4 members (excludes halogenated alkanes) is 2. The SMILES string of the molecule is CC(Br)c1ccccc1C(F)(F)F.CCCCCC(=O)N1[C@H](C)CN(C(=O)c2ccc(-c3cnc(N)c(O)c3)cc2)C[C@@H]1C. The highest BCUT2D eigenvalue weighted by Crippen LogP contribution is 2.36. The molecule has 3 N–H and O–H groups in total. The van der Waals surface area contributed by atoms with E-state index in [4.69, 9.17) is 5.73 Å². The lowest BCUT2D eigenvalue weighted by Gasteiger charge is -2.44. The minimum Gasteiger partial charge on any atom is -0.504 e. The van der Waals surface area contributed by atoms with Gasteiger partial charge in [-0.1, -0.05) is 66.0 Å². The number of carbonyl (C=O) groups is 2. The Labute approximate surface area is 265 Å². The number of nitrogen functional groups attached to an aromatic ring is 1. The molecule has 1 saturated heterocycles. The van der Waals surface area contributed by atoms with Gasteiger partial charge in [0.05, 0.1) is 5.56 Å². The highest BCUT2D eigenvalue weighted by molar-refractivity contribution is 9.09. The number of nitrogens with two attached hydrogens (primary N) is 1. The van der Waals surface area contributed by atoms with Crippen molar-refractivity contribution in [3.05, 3.63) is 77.5 Å². The molecule has 2 amide bonds. The van der Waals surface area contributed by atoms with E-state index in [0.717, 1.165) is 36.5 Å². The van der Waals surface area contributed by atoms with Crippen LogP contribution in [-0.4, -0.2) is 56.9 Å². The van der Waals surface area contributed by atoms with E-state index in [0.29, 0.717) is 25.1 Å². The molecule has 1 aliphatic rings. The fourth-order valence-corrected chi connectivity index (χ4v) is 5.75. The van der Waals surface area contributed by atoms with E-state index in [1.807, 2.05) is 35.8 Å². The molecule has 0 radical (unpaired) electrons. The summed E-state index contributed by atoms with van der Waals surface area (Å²) in [6.45, 7) is 8.88. The molecule has 1 aliphatic heterocycles. The predicted molar refractivity (Wildman–Crippen MR) is 170 cm³/mol. The Balaban J connectivity index is 0.000000340. The van der Waals surface area contributed by atoms with E-state index in [1.165, 1.54) is 12.1 Å². The van der Waals surface area contributed by atoms with Crippen molar-refractivity contribution in [2.24, 2.45) is 0 Å². The molecule has 0 aliphatic carbocycles. The zero-order valence-corrected chi connectivity index (χ0v) is 27.0. The Morgan fingerprint density at radius 1 is 1.05 bits per heavy atom.